The number of nitrogens with zero attached hydrogens (tertiary/aromatic N) is 4. The second-order valence-corrected chi connectivity index (χ2v) is 16.5. The van der Waals surface area contributed by atoms with Crippen molar-refractivity contribution >= 4 is 84.8 Å². The van der Waals surface area contributed by atoms with Crippen molar-refractivity contribution in [2.24, 2.45) is 0 Å². The third kappa shape index (κ3) is 5.08. The van der Waals surface area contributed by atoms with Crippen molar-refractivity contribution < 1.29 is 0 Å². The zero-order valence-corrected chi connectivity index (χ0v) is 32.1. The van der Waals surface area contributed by atoms with Crippen LogP contribution >= 0.6 is 22.7 Å². The van der Waals surface area contributed by atoms with Crippen molar-refractivity contribution in [2.45, 2.75) is 0 Å². The van der Waals surface area contributed by atoms with Gasteiger partial charge in [0.05, 0.1) is 11.0 Å². The molecule has 6 heteroatoms. The number of aromatic nitrogens is 4. The Balaban J connectivity index is 1.10. The topological polar surface area (TPSA) is 43.6 Å². The average molecular weight is 763 g/mol. The zero-order chi connectivity index (χ0) is 37.5. The number of para-hydroxylation sites is 3. The predicted octanol–water partition coefficient (Wildman–Crippen LogP) is 14.4. The molecule has 0 radical (unpaired) electrons. The van der Waals surface area contributed by atoms with Gasteiger partial charge in [-0.3, -0.25) is 0 Å². The summed E-state index contributed by atoms with van der Waals surface area (Å²) in [6.07, 6.45) is 0. The van der Waals surface area contributed by atoms with Gasteiger partial charge < -0.3 is 4.57 Å². The Kier molecular flexibility index (Phi) is 7.24. The number of hydrogen-bond donors (Lipinski definition) is 0. The molecule has 0 unspecified atom stereocenters. The molecular formula is C51H30N4S2. The van der Waals surface area contributed by atoms with Crippen LogP contribution in [0.1, 0.15) is 0 Å². The van der Waals surface area contributed by atoms with Crippen molar-refractivity contribution in [1.29, 1.82) is 0 Å². The zero-order valence-electron chi connectivity index (χ0n) is 30.4. The van der Waals surface area contributed by atoms with Crippen LogP contribution in [0.25, 0.3) is 113 Å². The van der Waals surface area contributed by atoms with Crippen molar-refractivity contribution in [1.82, 2.24) is 19.5 Å². The molecule has 4 nitrogen and oxygen atoms in total. The van der Waals surface area contributed by atoms with Crippen LogP contribution in [-0.2, 0) is 0 Å². The molecule has 0 N–H and O–H groups in total. The minimum Gasteiger partial charge on any atom is -0.309 e. The third-order valence-electron chi connectivity index (χ3n) is 11.1. The van der Waals surface area contributed by atoms with E-state index >= 15 is 0 Å². The highest BCUT2D eigenvalue weighted by atomic mass is 32.1. The van der Waals surface area contributed by atoms with Gasteiger partial charge in [0.1, 0.15) is 0 Å². The van der Waals surface area contributed by atoms with Gasteiger partial charge in [0.2, 0.25) is 0 Å². The molecule has 0 amide bonds. The number of benzene rings is 8. The van der Waals surface area contributed by atoms with Gasteiger partial charge in [-0.2, -0.15) is 0 Å². The Morgan fingerprint density at radius 2 is 0.982 bits per heavy atom. The van der Waals surface area contributed by atoms with Crippen LogP contribution in [0.15, 0.2) is 182 Å². The normalized spacial score (nSPS) is 11.9. The highest BCUT2D eigenvalue weighted by Gasteiger charge is 2.21. The first kappa shape index (κ1) is 32.3. The summed E-state index contributed by atoms with van der Waals surface area (Å²) in [5, 5.41) is 7.39. The maximum absolute atomic E-state index is 5.27. The van der Waals surface area contributed by atoms with Crippen LogP contribution in [-0.4, -0.2) is 19.5 Å². The van der Waals surface area contributed by atoms with Crippen LogP contribution in [0.2, 0.25) is 0 Å². The van der Waals surface area contributed by atoms with Gasteiger partial charge in [0, 0.05) is 79.1 Å². The Bertz CT molecular complexity index is 3530. The van der Waals surface area contributed by atoms with Crippen LogP contribution in [0, 0.1) is 0 Å². The summed E-state index contributed by atoms with van der Waals surface area (Å²) in [7, 11) is 0. The van der Waals surface area contributed by atoms with Gasteiger partial charge >= 0.3 is 0 Å². The van der Waals surface area contributed by atoms with E-state index in [1.807, 2.05) is 29.5 Å². The minimum atomic E-state index is 0.655. The van der Waals surface area contributed by atoms with Crippen molar-refractivity contribution in [2.75, 3.05) is 0 Å². The molecule has 12 aromatic rings. The lowest BCUT2D eigenvalue weighted by Gasteiger charge is -2.13. The minimum absolute atomic E-state index is 0.655. The smallest absolute Gasteiger partial charge is 0.165 e. The second-order valence-electron chi connectivity index (χ2n) is 14.3. The van der Waals surface area contributed by atoms with E-state index in [0.717, 1.165) is 22.4 Å². The summed E-state index contributed by atoms with van der Waals surface area (Å²) in [6, 6.07) is 64.9. The first-order valence-corrected chi connectivity index (χ1v) is 20.7. The summed E-state index contributed by atoms with van der Waals surface area (Å²) >= 11 is 3.62. The Morgan fingerprint density at radius 3 is 1.84 bits per heavy atom. The first-order chi connectivity index (χ1) is 28.3. The van der Waals surface area contributed by atoms with Gasteiger partial charge in [-0.1, -0.05) is 127 Å². The molecule has 0 spiro atoms. The van der Waals surface area contributed by atoms with E-state index in [1.165, 1.54) is 73.3 Å². The lowest BCUT2D eigenvalue weighted by molar-refractivity contribution is 1.08. The maximum atomic E-state index is 5.27. The van der Waals surface area contributed by atoms with E-state index in [0.29, 0.717) is 17.5 Å². The van der Waals surface area contributed by atoms with Crippen molar-refractivity contribution in [3.63, 3.8) is 0 Å². The molecule has 4 heterocycles. The average Bonchev–Trinajstić information content (AvgIpc) is 3.96. The summed E-state index contributed by atoms with van der Waals surface area (Å²) in [4.78, 5) is 15.6. The Hall–Kier alpha value is -6.99. The molecule has 8 aromatic carbocycles. The van der Waals surface area contributed by atoms with E-state index in [-0.39, 0.29) is 0 Å². The number of fused-ring (bicyclic) bond motifs is 9. The van der Waals surface area contributed by atoms with E-state index < -0.39 is 0 Å². The fraction of sp³-hybridized carbons (Fsp3) is 0. The summed E-state index contributed by atoms with van der Waals surface area (Å²) in [5.74, 6) is 1.99. The fourth-order valence-corrected chi connectivity index (χ4v) is 10.9. The van der Waals surface area contributed by atoms with Gasteiger partial charge in [-0.05, 0) is 60.2 Å². The predicted molar refractivity (Wildman–Crippen MR) is 242 cm³/mol. The largest absolute Gasteiger partial charge is 0.309 e. The molecular weight excluding hydrogens is 733 g/mol. The standard InChI is InChI=1S/C51H30N4S2/c1-3-14-31(15-4-1)49-52-50(54-51(53-49)40-24-12-23-39-35-19-8-10-26-43(35)57-48(39)40)32-28-29-44-41(30-32)46-36(20-13-27-45(46)56-44)38-22-11-21-37-34-18-7-9-25-42(34)55(47(37)38)33-16-5-2-6-17-33/h1-30H. The summed E-state index contributed by atoms with van der Waals surface area (Å²) in [6.45, 7) is 0. The monoisotopic (exact) mass is 762 g/mol. The third-order valence-corrected chi connectivity index (χ3v) is 13.4. The van der Waals surface area contributed by atoms with E-state index in [9.17, 15) is 0 Å². The molecule has 12 rings (SSSR count). The molecule has 0 saturated carbocycles. The molecule has 0 aliphatic heterocycles. The SMILES string of the molecule is c1ccc(-c2nc(-c3ccc4sc5cccc(-c6cccc7c8ccccc8n(-c8ccccc8)c67)c5c4c3)nc(-c3cccc4c3sc3ccccc34)n2)cc1. The number of rotatable bonds is 5. The highest BCUT2D eigenvalue weighted by molar-refractivity contribution is 7.26. The Labute approximate surface area is 335 Å². The van der Waals surface area contributed by atoms with Gasteiger partial charge in [-0.25, -0.2) is 15.0 Å². The molecule has 4 aromatic heterocycles. The van der Waals surface area contributed by atoms with E-state index in [2.05, 4.69) is 168 Å². The van der Waals surface area contributed by atoms with Gasteiger partial charge in [0.15, 0.2) is 17.5 Å². The molecule has 0 aliphatic carbocycles. The lowest BCUT2D eigenvalue weighted by Crippen LogP contribution is -2.00. The molecule has 0 aliphatic rings. The molecule has 0 fully saturated rings. The van der Waals surface area contributed by atoms with E-state index in [1.54, 1.807) is 11.3 Å². The number of thiophene rings is 2. The lowest BCUT2D eigenvalue weighted by atomic mass is 9.96. The summed E-state index contributed by atoms with van der Waals surface area (Å²) < 4.78 is 7.33. The van der Waals surface area contributed by atoms with Crippen LogP contribution < -0.4 is 0 Å². The van der Waals surface area contributed by atoms with E-state index in [4.69, 9.17) is 15.0 Å². The highest BCUT2D eigenvalue weighted by Crippen LogP contribution is 2.45. The Morgan fingerprint density at radius 1 is 0.368 bits per heavy atom. The first-order valence-electron chi connectivity index (χ1n) is 19.0. The molecule has 0 bridgehead atoms. The molecule has 0 saturated heterocycles. The fourth-order valence-electron chi connectivity index (χ4n) is 8.54. The van der Waals surface area contributed by atoms with Gasteiger partial charge in [0.25, 0.3) is 0 Å². The second kappa shape index (κ2) is 12.8. The van der Waals surface area contributed by atoms with Gasteiger partial charge in [-0.15, -0.1) is 22.7 Å². The van der Waals surface area contributed by atoms with Crippen LogP contribution in [0.4, 0.5) is 0 Å². The van der Waals surface area contributed by atoms with Crippen molar-refractivity contribution in [3.05, 3.63) is 182 Å². The molecule has 266 valence electrons. The maximum Gasteiger partial charge on any atom is 0.165 e. The quantitative estimate of drug-likeness (QED) is 0.175. The number of hydrogen-bond acceptors (Lipinski definition) is 5. The summed E-state index contributed by atoms with van der Waals surface area (Å²) in [5.41, 5.74) is 8.88. The van der Waals surface area contributed by atoms with Crippen molar-refractivity contribution in [3.8, 4) is 51.0 Å². The molecule has 57 heavy (non-hydrogen) atoms. The van der Waals surface area contributed by atoms with Crippen LogP contribution in [0.5, 0.6) is 0 Å². The van der Waals surface area contributed by atoms with Crippen LogP contribution in [0.3, 0.4) is 0 Å². The molecule has 0 atom stereocenters.